The molecule has 2 unspecified atom stereocenters. The Kier molecular flexibility index (Phi) is 4.88. The van der Waals surface area contributed by atoms with E-state index in [4.69, 9.17) is 4.74 Å². The highest BCUT2D eigenvalue weighted by molar-refractivity contribution is 5.81. The summed E-state index contributed by atoms with van der Waals surface area (Å²) in [6.45, 7) is 3.98. The summed E-state index contributed by atoms with van der Waals surface area (Å²) >= 11 is 0. The van der Waals surface area contributed by atoms with Crippen molar-refractivity contribution in [3.63, 3.8) is 0 Å². The maximum Gasteiger partial charge on any atom is 0.261 e. The smallest absolute Gasteiger partial charge is 0.261 e. The quantitative estimate of drug-likeness (QED) is 0.918. The molecule has 0 saturated heterocycles. The highest BCUT2D eigenvalue weighted by atomic mass is 16.5. The first-order valence-corrected chi connectivity index (χ1v) is 8.63. The van der Waals surface area contributed by atoms with Gasteiger partial charge in [0, 0.05) is 18.8 Å². The van der Waals surface area contributed by atoms with E-state index in [0.29, 0.717) is 6.42 Å². The van der Waals surface area contributed by atoms with Crippen molar-refractivity contribution in [1.82, 2.24) is 15.1 Å². The van der Waals surface area contributed by atoms with E-state index in [1.807, 2.05) is 56.0 Å². The molecule has 1 amide bonds. The summed E-state index contributed by atoms with van der Waals surface area (Å²) < 4.78 is 7.74. The Morgan fingerprint density at radius 3 is 3.08 bits per heavy atom. The lowest BCUT2D eigenvalue weighted by Gasteiger charge is -2.25. The number of aromatic nitrogens is 2. The highest BCUT2D eigenvalue weighted by Crippen LogP contribution is 2.29. The van der Waals surface area contributed by atoms with E-state index < -0.39 is 6.10 Å². The van der Waals surface area contributed by atoms with Gasteiger partial charge < -0.3 is 10.1 Å². The van der Waals surface area contributed by atoms with Gasteiger partial charge in [0.15, 0.2) is 6.10 Å². The van der Waals surface area contributed by atoms with Crippen LogP contribution in [0.1, 0.15) is 49.0 Å². The van der Waals surface area contributed by atoms with Crippen molar-refractivity contribution in [3.8, 4) is 5.75 Å². The molecule has 0 saturated carbocycles. The molecule has 0 radical (unpaired) electrons. The monoisotopic (exact) mass is 327 g/mol. The summed E-state index contributed by atoms with van der Waals surface area (Å²) in [5.74, 6) is 0.684. The van der Waals surface area contributed by atoms with Gasteiger partial charge in [-0.25, -0.2) is 0 Å². The van der Waals surface area contributed by atoms with Crippen molar-refractivity contribution in [2.45, 2.75) is 51.7 Å². The lowest BCUT2D eigenvalue weighted by Crippen LogP contribution is -2.40. The van der Waals surface area contributed by atoms with E-state index in [-0.39, 0.29) is 11.9 Å². The standard InChI is InChI=1S/C19H25N3O2/c1-4-18(24-14-8-5-7-13(2)11-14)19(23)20-16-9-6-10-17-15(16)12-22(3)21-17/h5,7-8,11-12,16,18H,4,6,9-10H2,1-3H3,(H,20,23). The molecule has 3 rings (SSSR count). The number of ether oxygens (including phenoxy) is 1. The van der Waals surface area contributed by atoms with E-state index >= 15 is 0 Å². The minimum Gasteiger partial charge on any atom is -0.481 e. The van der Waals surface area contributed by atoms with Crippen LogP contribution in [0.3, 0.4) is 0 Å². The fraction of sp³-hybridized carbons (Fsp3) is 0.474. The van der Waals surface area contributed by atoms with Crippen molar-refractivity contribution in [2.75, 3.05) is 0 Å². The third kappa shape index (κ3) is 3.61. The molecule has 5 heteroatoms. The van der Waals surface area contributed by atoms with Crippen LogP contribution < -0.4 is 10.1 Å². The molecule has 1 aliphatic carbocycles. The van der Waals surface area contributed by atoms with Gasteiger partial charge in [0.2, 0.25) is 0 Å². The van der Waals surface area contributed by atoms with E-state index in [0.717, 1.165) is 41.8 Å². The number of carbonyl (C=O) groups is 1. The zero-order valence-electron chi connectivity index (χ0n) is 14.6. The minimum atomic E-state index is -0.478. The highest BCUT2D eigenvalue weighted by Gasteiger charge is 2.27. The number of benzene rings is 1. The summed E-state index contributed by atoms with van der Waals surface area (Å²) in [6.07, 6.45) is 5.15. The fourth-order valence-corrected chi connectivity index (χ4v) is 3.26. The zero-order chi connectivity index (χ0) is 17.1. The molecule has 1 aromatic heterocycles. The van der Waals surface area contributed by atoms with Gasteiger partial charge in [-0.05, 0) is 50.3 Å². The molecule has 5 nitrogen and oxygen atoms in total. The van der Waals surface area contributed by atoms with Crippen LogP contribution in [-0.4, -0.2) is 21.8 Å². The van der Waals surface area contributed by atoms with Gasteiger partial charge in [-0.15, -0.1) is 0 Å². The second-order valence-corrected chi connectivity index (χ2v) is 6.49. The number of rotatable bonds is 5. The Morgan fingerprint density at radius 2 is 2.33 bits per heavy atom. The van der Waals surface area contributed by atoms with Gasteiger partial charge in [0.05, 0.1) is 11.7 Å². The Hall–Kier alpha value is -2.30. The first-order chi connectivity index (χ1) is 11.6. The summed E-state index contributed by atoms with van der Waals surface area (Å²) in [5.41, 5.74) is 3.36. The van der Waals surface area contributed by atoms with Crippen molar-refractivity contribution in [2.24, 2.45) is 7.05 Å². The normalized spacial score (nSPS) is 17.9. The molecule has 1 aliphatic rings. The average Bonchev–Trinajstić information content (AvgIpc) is 2.94. The largest absolute Gasteiger partial charge is 0.481 e. The molecule has 1 N–H and O–H groups in total. The van der Waals surface area contributed by atoms with Crippen LogP contribution in [-0.2, 0) is 18.3 Å². The van der Waals surface area contributed by atoms with Crippen LogP contribution in [0.25, 0.3) is 0 Å². The molecule has 0 fully saturated rings. The second kappa shape index (κ2) is 7.07. The summed E-state index contributed by atoms with van der Waals surface area (Å²) in [7, 11) is 1.92. The molecule has 0 aliphatic heterocycles. The maximum atomic E-state index is 12.7. The van der Waals surface area contributed by atoms with Gasteiger partial charge >= 0.3 is 0 Å². The molecule has 1 aromatic carbocycles. The predicted octanol–water partition coefficient (Wildman–Crippen LogP) is 3.08. The van der Waals surface area contributed by atoms with Gasteiger partial charge in [0.25, 0.3) is 5.91 Å². The lowest BCUT2D eigenvalue weighted by molar-refractivity contribution is -0.129. The lowest BCUT2D eigenvalue weighted by atomic mass is 9.93. The van der Waals surface area contributed by atoms with E-state index in [1.165, 1.54) is 0 Å². The maximum absolute atomic E-state index is 12.7. The first-order valence-electron chi connectivity index (χ1n) is 8.63. The van der Waals surface area contributed by atoms with E-state index in [1.54, 1.807) is 0 Å². The molecule has 2 aromatic rings. The molecule has 128 valence electrons. The second-order valence-electron chi connectivity index (χ2n) is 6.49. The number of fused-ring (bicyclic) bond motifs is 1. The van der Waals surface area contributed by atoms with Gasteiger partial charge in [0.1, 0.15) is 5.75 Å². The molecule has 2 atom stereocenters. The molecule has 1 heterocycles. The third-order valence-corrected chi connectivity index (χ3v) is 4.47. The first kappa shape index (κ1) is 16.6. The third-order valence-electron chi connectivity index (χ3n) is 4.47. The summed E-state index contributed by atoms with van der Waals surface area (Å²) in [4.78, 5) is 12.7. The van der Waals surface area contributed by atoms with Crippen molar-refractivity contribution >= 4 is 5.91 Å². The zero-order valence-corrected chi connectivity index (χ0v) is 14.6. The topological polar surface area (TPSA) is 56.1 Å². The molecule has 0 bridgehead atoms. The molecular weight excluding hydrogens is 302 g/mol. The fourth-order valence-electron chi connectivity index (χ4n) is 3.26. The summed E-state index contributed by atoms with van der Waals surface area (Å²) in [6, 6.07) is 7.83. The Balaban J connectivity index is 1.69. The Morgan fingerprint density at radius 1 is 1.50 bits per heavy atom. The molecule has 0 spiro atoms. The van der Waals surface area contributed by atoms with Gasteiger partial charge in [-0.1, -0.05) is 19.1 Å². The molecular formula is C19H25N3O2. The average molecular weight is 327 g/mol. The summed E-state index contributed by atoms with van der Waals surface area (Å²) in [5, 5.41) is 7.64. The van der Waals surface area contributed by atoms with Crippen molar-refractivity contribution < 1.29 is 9.53 Å². The van der Waals surface area contributed by atoms with Crippen LogP contribution >= 0.6 is 0 Å². The SMILES string of the molecule is CCC(Oc1cccc(C)c1)C(=O)NC1CCCc2nn(C)cc21. The predicted molar refractivity (Wildman–Crippen MR) is 92.9 cm³/mol. The van der Waals surface area contributed by atoms with Crippen LogP contribution in [0, 0.1) is 6.92 Å². The Bertz CT molecular complexity index is 723. The van der Waals surface area contributed by atoms with E-state index in [2.05, 4.69) is 10.4 Å². The number of nitrogens with one attached hydrogen (secondary N) is 1. The number of hydrogen-bond donors (Lipinski definition) is 1. The number of aryl methyl sites for hydroxylation is 3. The van der Waals surface area contributed by atoms with Crippen LogP contribution in [0.5, 0.6) is 5.75 Å². The van der Waals surface area contributed by atoms with Crippen LogP contribution in [0.15, 0.2) is 30.5 Å². The number of nitrogens with zero attached hydrogens (tertiary/aromatic N) is 2. The number of amides is 1. The number of carbonyl (C=O) groups excluding carboxylic acids is 1. The van der Waals surface area contributed by atoms with Crippen molar-refractivity contribution in [1.29, 1.82) is 0 Å². The Labute approximate surface area is 143 Å². The minimum absolute atomic E-state index is 0.0325. The van der Waals surface area contributed by atoms with Gasteiger partial charge in [-0.2, -0.15) is 5.10 Å². The number of hydrogen-bond acceptors (Lipinski definition) is 3. The van der Waals surface area contributed by atoms with E-state index in [9.17, 15) is 4.79 Å². The van der Waals surface area contributed by atoms with Gasteiger partial charge in [-0.3, -0.25) is 9.48 Å². The van der Waals surface area contributed by atoms with Crippen molar-refractivity contribution in [3.05, 3.63) is 47.3 Å². The van der Waals surface area contributed by atoms with Crippen LogP contribution in [0.4, 0.5) is 0 Å². The molecule has 24 heavy (non-hydrogen) atoms. The van der Waals surface area contributed by atoms with Crippen LogP contribution in [0.2, 0.25) is 0 Å².